The van der Waals surface area contributed by atoms with E-state index in [-0.39, 0.29) is 10.0 Å². The van der Waals surface area contributed by atoms with E-state index < -0.39 is 10.0 Å². The van der Waals surface area contributed by atoms with E-state index in [4.69, 9.17) is 0 Å². The van der Waals surface area contributed by atoms with Gasteiger partial charge in [0.1, 0.15) is 0 Å². The van der Waals surface area contributed by atoms with E-state index in [1.807, 2.05) is 43.3 Å². The molecule has 0 aliphatic carbocycles. The van der Waals surface area contributed by atoms with Crippen LogP contribution in [0.25, 0.3) is 10.8 Å². The Hall–Kier alpha value is -2.84. The van der Waals surface area contributed by atoms with Gasteiger partial charge < -0.3 is 0 Å². The van der Waals surface area contributed by atoms with E-state index in [9.17, 15) is 8.42 Å². The zero-order valence-corrected chi connectivity index (χ0v) is 15.4. The van der Waals surface area contributed by atoms with Crippen LogP contribution in [-0.4, -0.2) is 23.2 Å². The van der Waals surface area contributed by atoms with Gasteiger partial charge in [-0.3, -0.25) is 0 Å². The Morgan fingerprint density at radius 1 is 0.923 bits per heavy atom. The molecule has 0 unspecified atom stereocenters. The smallest absolute Gasteiger partial charge is 0.205 e. The molecule has 4 rings (SSSR count). The van der Waals surface area contributed by atoms with Crippen LogP contribution in [-0.2, 0) is 10.0 Å². The molecule has 0 aliphatic rings. The molecule has 0 saturated heterocycles. The van der Waals surface area contributed by atoms with Crippen molar-refractivity contribution in [2.24, 2.45) is 0 Å². The zero-order chi connectivity index (χ0) is 18.1. The van der Waals surface area contributed by atoms with Crippen molar-refractivity contribution >= 4 is 43.1 Å². The first kappa shape index (κ1) is 16.6. The number of aryl methyl sites for hydroxylation is 1. The van der Waals surface area contributed by atoms with Crippen molar-refractivity contribution in [3.05, 3.63) is 72.3 Å². The molecule has 1 aromatic heterocycles. The van der Waals surface area contributed by atoms with E-state index in [1.165, 1.54) is 4.31 Å². The Bertz CT molecular complexity index is 1150. The minimum atomic E-state index is -3.88. The molecule has 0 saturated carbocycles. The maximum absolute atomic E-state index is 13.4. The molecule has 0 aliphatic heterocycles. The number of rotatable bonds is 4. The van der Waals surface area contributed by atoms with Gasteiger partial charge in [0, 0.05) is 16.9 Å². The van der Waals surface area contributed by atoms with Crippen molar-refractivity contribution in [1.29, 1.82) is 0 Å². The van der Waals surface area contributed by atoms with Gasteiger partial charge in [0.15, 0.2) is 0 Å². The van der Waals surface area contributed by atoms with Crippen molar-refractivity contribution in [3.8, 4) is 0 Å². The Kier molecular flexibility index (Phi) is 4.14. The monoisotopic (exact) mass is 382 g/mol. The first-order valence-electron chi connectivity index (χ1n) is 7.82. The minimum absolute atomic E-state index is 0.186. The third-order valence-corrected chi connectivity index (χ3v) is 6.42. The second-order valence-electron chi connectivity index (χ2n) is 5.73. The van der Waals surface area contributed by atoms with Crippen LogP contribution in [0.3, 0.4) is 0 Å². The summed E-state index contributed by atoms with van der Waals surface area (Å²) in [7, 11) is -3.88. The maximum Gasteiger partial charge on any atom is 0.270 e. The SMILES string of the molecule is Cc1ccc(S(=O)(=O)N(c2nnns2)c2cccc3ccccc23)cc1. The zero-order valence-electron chi connectivity index (χ0n) is 13.8. The number of hydrogen-bond donors (Lipinski definition) is 0. The molecule has 0 atom stereocenters. The number of fused-ring (bicyclic) bond motifs is 1. The maximum atomic E-state index is 13.4. The summed E-state index contributed by atoms with van der Waals surface area (Å²) in [6.45, 7) is 1.91. The molecule has 0 radical (unpaired) electrons. The predicted molar refractivity (Wildman–Crippen MR) is 102 cm³/mol. The summed E-state index contributed by atoms with van der Waals surface area (Å²) in [6.07, 6.45) is 0. The molecule has 4 aromatic rings. The number of benzene rings is 3. The van der Waals surface area contributed by atoms with Crippen LogP contribution >= 0.6 is 11.5 Å². The van der Waals surface area contributed by atoms with Crippen LogP contribution < -0.4 is 4.31 Å². The third kappa shape index (κ3) is 2.83. The predicted octanol–water partition coefficient (Wildman–Crippen LogP) is 3.92. The Morgan fingerprint density at radius 3 is 2.38 bits per heavy atom. The van der Waals surface area contributed by atoms with Gasteiger partial charge in [-0.2, -0.15) is 0 Å². The fourth-order valence-electron chi connectivity index (χ4n) is 2.74. The molecule has 26 heavy (non-hydrogen) atoms. The molecule has 0 amide bonds. The molecule has 8 heteroatoms. The van der Waals surface area contributed by atoms with Crippen molar-refractivity contribution in [2.45, 2.75) is 11.8 Å². The van der Waals surface area contributed by atoms with Crippen LogP contribution in [0.1, 0.15) is 5.56 Å². The van der Waals surface area contributed by atoms with E-state index in [2.05, 4.69) is 14.8 Å². The molecule has 3 aromatic carbocycles. The molecular formula is C18H14N4O2S2. The lowest BCUT2D eigenvalue weighted by molar-refractivity contribution is 0.596. The summed E-state index contributed by atoms with van der Waals surface area (Å²) in [5.41, 5.74) is 1.50. The van der Waals surface area contributed by atoms with Gasteiger partial charge in [-0.25, -0.2) is 12.7 Å². The summed E-state index contributed by atoms with van der Waals surface area (Å²) in [5, 5.41) is 9.43. The molecule has 0 fully saturated rings. The number of anilines is 2. The number of aromatic nitrogens is 3. The van der Waals surface area contributed by atoms with Gasteiger partial charge in [0.05, 0.1) is 10.6 Å². The highest BCUT2D eigenvalue weighted by Gasteiger charge is 2.30. The molecule has 1 heterocycles. The van der Waals surface area contributed by atoms with Crippen LogP contribution in [0, 0.1) is 6.92 Å². The standard InChI is InChI=1S/C18H14N4O2S2/c1-13-9-11-15(12-10-13)26(23,24)22(18-19-20-21-25-18)17-8-4-6-14-5-2-3-7-16(14)17/h2-12H,1H3. The van der Waals surface area contributed by atoms with Crippen molar-refractivity contribution in [2.75, 3.05) is 4.31 Å². The number of sulfonamides is 1. The largest absolute Gasteiger partial charge is 0.270 e. The highest BCUT2D eigenvalue weighted by atomic mass is 32.2. The topological polar surface area (TPSA) is 76.1 Å². The van der Waals surface area contributed by atoms with Crippen molar-refractivity contribution < 1.29 is 8.42 Å². The lowest BCUT2D eigenvalue weighted by Gasteiger charge is -2.22. The molecule has 0 N–H and O–H groups in total. The minimum Gasteiger partial charge on any atom is -0.205 e. The molecule has 0 bridgehead atoms. The Morgan fingerprint density at radius 2 is 1.65 bits per heavy atom. The van der Waals surface area contributed by atoms with Gasteiger partial charge in [0.2, 0.25) is 5.13 Å². The first-order valence-corrected chi connectivity index (χ1v) is 10.0. The summed E-state index contributed by atoms with van der Waals surface area (Å²) >= 11 is 0.934. The third-order valence-electron chi connectivity index (χ3n) is 4.01. The average molecular weight is 382 g/mol. The van der Waals surface area contributed by atoms with E-state index in [0.717, 1.165) is 27.9 Å². The highest BCUT2D eigenvalue weighted by molar-refractivity contribution is 7.93. The summed E-state index contributed by atoms with van der Waals surface area (Å²) < 4.78 is 31.8. The highest BCUT2D eigenvalue weighted by Crippen LogP contribution is 2.37. The van der Waals surface area contributed by atoms with Crippen LogP contribution in [0.15, 0.2) is 71.6 Å². The van der Waals surface area contributed by atoms with Gasteiger partial charge in [-0.15, -0.1) is 0 Å². The van der Waals surface area contributed by atoms with Gasteiger partial charge in [0.25, 0.3) is 10.0 Å². The van der Waals surface area contributed by atoms with E-state index >= 15 is 0 Å². The molecule has 6 nitrogen and oxygen atoms in total. The Balaban J connectivity index is 1.98. The second kappa shape index (κ2) is 6.47. The van der Waals surface area contributed by atoms with Crippen LogP contribution in [0.4, 0.5) is 10.8 Å². The molecule has 130 valence electrons. The van der Waals surface area contributed by atoms with Crippen molar-refractivity contribution in [1.82, 2.24) is 14.8 Å². The molecule has 0 spiro atoms. The van der Waals surface area contributed by atoms with Crippen LogP contribution in [0.2, 0.25) is 0 Å². The fraction of sp³-hybridized carbons (Fsp3) is 0.0556. The van der Waals surface area contributed by atoms with E-state index in [0.29, 0.717) is 5.69 Å². The second-order valence-corrected chi connectivity index (χ2v) is 8.22. The van der Waals surface area contributed by atoms with E-state index in [1.54, 1.807) is 30.3 Å². The summed E-state index contributed by atoms with van der Waals surface area (Å²) in [4.78, 5) is 0.186. The average Bonchev–Trinajstić information content (AvgIpc) is 3.16. The lowest BCUT2D eigenvalue weighted by Crippen LogP contribution is -2.26. The molecular weight excluding hydrogens is 368 g/mol. The van der Waals surface area contributed by atoms with Gasteiger partial charge in [-0.1, -0.05) is 63.7 Å². The van der Waals surface area contributed by atoms with Crippen LogP contribution in [0.5, 0.6) is 0 Å². The summed E-state index contributed by atoms with van der Waals surface area (Å²) in [6, 6.07) is 19.9. The number of nitrogens with zero attached hydrogens (tertiary/aromatic N) is 4. The summed E-state index contributed by atoms with van der Waals surface area (Å²) in [5.74, 6) is 0. The normalized spacial score (nSPS) is 11.6. The Labute approximate surface area is 154 Å². The lowest BCUT2D eigenvalue weighted by atomic mass is 10.1. The first-order chi connectivity index (χ1) is 12.6. The quantitative estimate of drug-likeness (QED) is 0.535. The van der Waals surface area contributed by atoms with Gasteiger partial charge >= 0.3 is 0 Å². The number of hydrogen-bond acceptors (Lipinski definition) is 6. The van der Waals surface area contributed by atoms with Crippen molar-refractivity contribution in [3.63, 3.8) is 0 Å². The van der Waals surface area contributed by atoms with Gasteiger partial charge in [-0.05, 0) is 35.7 Å². The fourth-order valence-corrected chi connectivity index (χ4v) is 4.88.